The normalized spacial score (nSPS) is 23.3. The molecule has 0 radical (unpaired) electrons. The van der Waals surface area contributed by atoms with Crippen molar-refractivity contribution in [3.8, 4) is 0 Å². The van der Waals surface area contributed by atoms with Crippen molar-refractivity contribution in [3.63, 3.8) is 0 Å². The topological polar surface area (TPSA) is 35.6 Å². The van der Waals surface area contributed by atoms with E-state index in [-0.39, 0.29) is 30.2 Å². The van der Waals surface area contributed by atoms with Gasteiger partial charge in [0, 0.05) is 37.1 Å². The van der Waals surface area contributed by atoms with Crippen LogP contribution in [0.4, 0.5) is 28.9 Å². The molecule has 2 unspecified atom stereocenters. The molecule has 182 valence electrons. The number of amides is 1. The number of halogens is 4. The van der Waals surface area contributed by atoms with Crippen LogP contribution in [0.1, 0.15) is 43.2 Å². The number of rotatable bonds is 3. The third-order valence-corrected chi connectivity index (χ3v) is 7.52. The van der Waals surface area contributed by atoms with E-state index in [9.17, 15) is 22.4 Å². The first kappa shape index (κ1) is 23.0. The molecule has 2 aromatic rings. The average molecular weight is 476 g/mol. The van der Waals surface area contributed by atoms with Crippen molar-refractivity contribution < 1.29 is 22.4 Å². The van der Waals surface area contributed by atoms with Crippen molar-refractivity contribution in [1.29, 1.82) is 0 Å². The number of alkyl halides is 3. The van der Waals surface area contributed by atoms with Gasteiger partial charge >= 0.3 is 6.18 Å². The molecule has 4 nitrogen and oxygen atoms in total. The first-order valence-electron chi connectivity index (χ1n) is 12.1. The minimum Gasteiger partial charge on any atom is -0.368 e. The summed E-state index contributed by atoms with van der Waals surface area (Å²) in [4.78, 5) is 17.7. The van der Waals surface area contributed by atoms with Gasteiger partial charge in [0.25, 0.3) is 0 Å². The fraction of sp³-hybridized carbons (Fsp3) is 0.500. The summed E-state index contributed by atoms with van der Waals surface area (Å²) >= 11 is 0. The van der Waals surface area contributed by atoms with Crippen LogP contribution < -0.4 is 15.1 Å². The number of hydrogen-bond acceptors (Lipinski definition) is 3. The van der Waals surface area contributed by atoms with Crippen LogP contribution in [-0.2, 0) is 17.4 Å². The van der Waals surface area contributed by atoms with Crippen LogP contribution in [0.25, 0.3) is 0 Å². The summed E-state index contributed by atoms with van der Waals surface area (Å²) in [5, 5.41) is 3.20. The Bertz CT molecular complexity index is 1030. The van der Waals surface area contributed by atoms with Crippen molar-refractivity contribution >= 4 is 17.3 Å². The van der Waals surface area contributed by atoms with E-state index in [1.165, 1.54) is 24.6 Å². The largest absolute Gasteiger partial charge is 0.416 e. The molecule has 0 spiro atoms. The lowest BCUT2D eigenvalue weighted by Crippen LogP contribution is -2.61. The number of carbonyl (C=O) groups is 1. The molecule has 1 saturated heterocycles. The quantitative estimate of drug-likeness (QED) is 0.623. The van der Waals surface area contributed by atoms with Gasteiger partial charge < -0.3 is 15.1 Å². The summed E-state index contributed by atoms with van der Waals surface area (Å²) in [7, 11) is 0. The number of hydrogen-bond donors (Lipinski definition) is 1. The molecule has 1 aliphatic carbocycles. The van der Waals surface area contributed by atoms with Gasteiger partial charge in [-0.15, -0.1) is 0 Å². The second kappa shape index (κ2) is 9.12. The van der Waals surface area contributed by atoms with E-state index in [2.05, 4.69) is 15.1 Å². The molecule has 3 aliphatic rings. The highest BCUT2D eigenvalue weighted by atomic mass is 19.4. The van der Waals surface area contributed by atoms with Gasteiger partial charge in [-0.2, -0.15) is 13.2 Å². The molecule has 2 aliphatic heterocycles. The second-order valence-corrected chi connectivity index (χ2v) is 9.68. The fourth-order valence-electron chi connectivity index (χ4n) is 5.74. The summed E-state index contributed by atoms with van der Waals surface area (Å²) in [6.45, 7) is 1.77. The van der Waals surface area contributed by atoms with Crippen LogP contribution in [-0.4, -0.2) is 37.6 Å². The van der Waals surface area contributed by atoms with Gasteiger partial charge in [0.2, 0.25) is 5.91 Å². The number of fused-ring (bicyclic) bond motifs is 3. The molecule has 1 saturated carbocycles. The zero-order valence-electron chi connectivity index (χ0n) is 19.0. The highest BCUT2D eigenvalue weighted by Gasteiger charge is 2.43. The van der Waals surface area contributed by atoms with Crippen molar-refractivity contribution in [2.45, 2.75) is 56.8 Å². The molecule has 5 rings (SSSR count). The Morgan fingerprint density at radius 2 is 1.71 bits per heavy atom. The number of nitrogens with one attached hydrogen (secondary N) is 1. The monoisotopic (exact) mass is 475 g/mol. The van der Waals surface area contributed by atoms with E-state index >= 15 is 0 Å². The third kappa shape index (κ3) is 4.59. The number of benzene rings is 2. The van der Waals surface area contributed by atoms with Gasteiger partial charge in [-0.1, -0.05) is 19.3 Å². The van der Waals surface area contributed by atoms with Crippen LogP contribution in [0.3, 0.4) is 0 Å². The molecule has 8 heteroatoms. The standard InChI is InChI=1S/C26H29F4N3O/c27-19-7-9-21(10-8-19)32-12-13-33-23-11-6-18(26(28,29)30)14-17(23)15-22(24(33)16-32)25(34)31-20-4-2-1-3-5-20/h6-11,14,20,22,24H,1-5,12-13,15-16H2,(H,31,34). The highest BCUT2D eigenvalue weighted by molar-refractivity contribution is 5.82. The minimum atomic E-state index is -4.42. The van der Waals surface area contributed by atoms with E-state index in [4.69, 9.17) is 0 Å². The Balaban J connectivity index is 1.45. The fourth-order valence-corrected chi connectivity index (χ4v) is 5.74. The van der Waals surface area contributed by atoms with Crippen molar-refractivity contribution in [3.05, 3.63) is 59.4 Å². The van der Waals surface area contributed by atoms with Crippen molar-refractivity contribution in [1.82, 2.24) is 5.32 Å². The maximum Gasteiger partial charge on any atom is 0.416 e. The molecular formula is C26H29F4N3O. The van der Waals surface area contributed by atoms with Gasteiger partial charge in [0.05, 0.1) is 17.5 Å². The van der Waals surface area contributed by atoms with E-state index in [0.29, 0.717) is 25.2 Å². The van der Waals surface area contributed by atoms with Crippen LogP contribution in [0, 0.1) is 11.7 Å². The summed E-state index contributed by atoms with van der Waals surface area (Å²) in [5.41, 5.74) is 1.55. The Labute approximate surface area is 196 Å². The molecule has 2 fully saturated rings. The molecule has 1 N–H and O–H groups in total. The number of nitrogens with zero attached hydrogens (tertiary/aromatic N) is 2. The third-order valence-electron chi connectivity index (χ3n) is 7.52. The molecule has 2 heterocycles. The first-order chi connectivity index (χ1) is 16.3. The SMILES string of the molecule is O=C(NC1CCCCC1)C1Cc2cc(C(F)(F)F)ccc2N2CCN(c3ccc(F)cc3)CC12. The molecule has 34 heavy (non-hydrogen) atoms. The molecule has 2 aromatic carbocycles. The lowest BCUT2D eigenvalue weighted by molar-refractivity contribution is -0.137. The van der Waals surface area contributed by atoms with Gasteiger partial charge in [0.15, 0.2) is 0 Å². The summed E-state index contributed by atoms with van der Waals surface area (Å²) < 4.78 is 53.6. The minimum absolute atomic E-state index is 0.0779. The highest BCUT2D eigenvalue weighted by Crippen LogP contribution is 2.40. The Morgan fingerprint density at radius 1 is 0.971 bits per heavy atom. The summed E-state index contributed by atoms with van der Waals surface area (Å²) in [6, 6.07) is 10.1. The van der Waals surface area contributed by atoms with Crippen LogP contribution in [0.15, 0.2) is 42.5 Å². The zero-order chi connectivity index (χ0) is 23.9. The van der Waals surface area contributed by atoms with Crippen LogP contribution in [0.2, 0.25) is 0 Å². The van der Waals surface area contributed by atoms with E-state index in [1.807, 2.05) is 0 Å². The smallest absolute Gasteiger partial charge is 0.368 e. The zero-order valence-corrected chi connectivity index (χ0v) is 19.0. The van der Waals surface area contributed by atoms with Crippen molar-refractivity contribution in [2.24, 2.45) is 5.92 Å². The van der Waals surface area contributed by atoms with Gasteiger partial charge in [-0.3, -0.25) is 4.79 Å². The lowest BCUT2D eigenvalue weighted by atomic mass is 9.82. The molecule has 0 bridgehead atoms. The Hall–Kier alpha value is -2.77. The van der Waals surface area contributed by atoms with Gasteiger partial charge in [-0.25, -0.2) is 4.39 Å². The second-order valence-electron chi connectivity index (χ2n) is 9.68. The van der Waals surface area contributed by atoms with Crippen LogP contribution >= 0.6 is 0 Å². The number of carbonyl (C=O) groups excluding carboxylic acids is 1. The predicted molar refractivity (Wildman–Crippen MR) is 123 cm³/mol. The maximum atomic E-state index is 13.5. The van der Waals surface area contributed by atoms with Crippen molar-refractivity contribution in [2.75, 3.05) is 29.4 Å². The maximum absolute atomic E-state index is 13.5. The summed E-state index contributed by atoms with van der Waals surface area (Å²) in [5.74, 6) is -0.841. The van der Waals surface area contributed by atoms with Crippen LogP contribution in [0.5, 0.6) is 0 Å². The molecule has 1 amide bonds. The molecule has 2 atom stereocenters. The first-order valence-corrected chi connectivity index (χ1v) is 12.1. The lowest BCUT2D eigenvalue weighted by Gasteiger charge is -2.50. The Morgan fingerprint density at radius 3 is 2.41 bits per heavy atom. The predicted octanol–water partition coefficient (Wildman–Crippen LogP) is 5.16. The Kier molecular flexibility index (Phi) is 6.16. The summed E-state index contributed by atoms with van der Waals surface area (Å²) in [6.07, 6.45) is 1.09. The van der Waals surface area contributed by atoms with E-state index < -0.39 is 17.7 Å². The van der Waals surface area contributed by atoms with E-state index in [0.717, 1.165) is 43.1 Å². The average Bonchev–Trinajstić information content (AvgIpc) is 2.83. The number of anilines is 2. The molecule has 0 aromatic heterocycles. The number of piperazine rings is 1. The van der Waals surface area contributed by atoms with E-state index in [1.54, 1.807) is 18.2 Å². The van der Waals surface area contributed by atoms with Gasteiger partial charge in [-0.05, 0) is 67.3 Å². The molecular weight excluding hydrogens is 446 g/mol. The van der Waals surface area contributed by atoms with Gasteiger partial charge in [0.1, 0.15) is 5.82 Å².